The van der Waals surface area contributed by atoms with Crippen LogP contribution in [0.3, 0.4) is 0 Å². The van der Waals surface area contributed by atoms with Crippen molar-refractivity contribution in [3.05, 3.63) is 53.0 Å². The molecular weight excluding hydrogens is 472 g/mol. The summed E-state index contributed by atoms with van der Waals surface area (Å²) in [5.74, 6) is -2.76. The van der Waals surface area contributed by atoms with Crippen molar-refractivity contribution in [2.24, 2.45) is 0 Å². The number of aromatic amines is 1. The second kappa shape index (κ2) is 8.90. The minimum absolute atomic E-state index is 0.0656. The van der Waals surface area contributed by atoms with Crippen LogP contribution >= 0.6 is 11.6 Å². The molecule has 35 heavy (non-hydrogen) atoms. The molecule has 3 heterocycles. The summed E-state index contributed by atoms with van der Waals surface area (Å²) in [6.07, 6.45) is 5.98. The highest BCUT2D eigenvalue weighted by atomic mass is 35.5. The molecule has 0 atom stereocenters. The molecule has 1 aromatic carbocycles. The summed E-state index contributed by atoms with van der Waals surface area (Å²) in [7, 11) is 0. The number of H-pyrrole nitrogens is 1. The molecule has 1 aliphatic carbocycles. The number of piperidine rings is 1. The Labute approximate surface area is 207 Å². The van der Waals surface area contributed by atoms with Gasteiger partial charge in [-0.05, 0) is 56.4 Å². The molecule has 6 nitrogen and oxygen atoms in total. The van der Waals surface area contributed by atoms with Crippen LogP contribution < -0.4 is 0 Å². The van der Waals surface area contributed by atoms with Crippen LogP contribution in [0.2, 0.25) is 5.02 Å². The van der Waals surface area contributed by atoms with Gasteiger partial charge in [-0.3, -0.25) is 14.6 Å². The van der Waals surface area contributed by atoms with Crippen LogP contribution in [-0.4, -0.2) is 49.8 Å². The van der Waals surface area contributed by atoms with Gasteiger partial charge in [-0.15, -0.1) is 0 Å². The average Bonchev–Trinajstić information content (AvgIpc) is 3.44. The number of halogens is 3. The molecule has 3 aromatic rings. The monoisotopic (exact) mass is 499 g/mol. The molecule has 0 spiro atoms. The van der Waals surface area contributed by atoms with Gasteiger partial charge in [0.2, 0.25) is 5.91 Å². The third-order valence-corrected chi connectivity index (χ3v) is 7.76. The van der Waals surface area contributed by atoms with E-state index >= 15 is 0 Å². The van der Waals surface area contributed by atoms with E-state index in [-0.39, 0.29) is 31.2 Å². The van der Waals surface area contributed by atoms with Crippen molar-refractivity contribution in [2.45, 2.75) is 57.9 Å². The molecule has 184 valence electrons. The average molecular weight is 500 g/mol. The quantitative estimate of drug-likeness (QED) is 0.431. The van der Waals surface area contributed by atoms with Crippen LogP contribution in [0.25, 0.3) is 27.6 Å². The topological polar surface area (TPSA) is 66.8 Å². The Morgan fingerprint density at radius 3 is 2.69 bits per heavy atom. The van der Waals surface area contributed by atoms with Crippen LogP contribution in [0.5, 0.6) is 0 Å². The van der Waals surface area contributed by atoms with E-state index in [0.717, 1.165) is 51.7 Å². The molecule has 1 N–H and O–H groups in total. The van der Waals surface area contributed by atoms with Gasteiger partial charge in [-0.25, -0.2) is 8.78 Å². The molecular formula is C26H28ClF2N5O. The maximum absolute atomic E-state index is 14.0. The highest BCUT2D eigenvalue weighted by Crippen LogP contribution is 2.45. The zero-order valence-corrected chi connectivity index (χ0v) is 20.6. The minimum Gasteiger partial charge on any atom is -0.339 e. The van der Waals surface area contributed by atoms with E-state index in [4.69, 9.17) is 16.7 Å². The number of amides is 1. The fourth-order valence-corrected chi connectivity index (χ4v) is 5.56. The Kier molecular flexibility index (Phi) is 6.03. The molecule has 9 heteroatoms. The number of carbonyl (C=O) groups is 1. The highest BCUT2D eigenvalue weighted by molar-refractivity contribution is 6.36. The minimum atomic E-state index is -2.69. The molecule has 0 saturated carbocycles. The summed E-state index contributed by atoms with van der Waals surface area (Å²) in [5, 5.41) is 13.7. The van der Waals surface area contributed by atoms with Crippen LogP contribution in [0.15, 0.2) is 31.0 Å². The molecule has 0 bridgehead atoms. The van der Waals surface area contributed by atoms with Crippen molar-refractivity contribution in [3.63, 3.8) is 0 Å². The van der Waals surface area contributed by atoms with Crippen molar-refractivity contribution in [1.82, 2.24) is 24.9 Å². The predicted molar refractivity (Wildman–Crippen MR) is 134 cm³/mol. The largest absolute Gasteiger partial charge is 0.339 e. The number of hydrogen-bond acceptors (Lipinski definition) is 3. The molecule has 1 amide bonds. The van der Waals surface area contributed by atoms with Gasteiger partial charge in [0, 0.05) is 48.1 Å². The van der Waals surface area contributed by atoms with Gasteiger partial charge in [-0.1, -0.05) is 24.3 Å². The Hall–Kier alpha value is -3.00. The van der Waals surface area contributed by atoms with Crippen LogP contribution in [0, 0.1) is 13.8 Å². The van der Waals surface area contributed by atoms with Gasteiger partial charge in [0.05, 0.1) is 28.5 Å². The number of hydrogen-bond donors (Lipinski definition) is 1. The third kappa shape index (κ3) is 4.18. The van der Waals surface area contributed by atoms with Gasteiger partial charge in [0.25, 0.3) is 5.92 Å². The smallest absolute Gasteiger partial charge is 0.251 e. The van der Waals surface area contributed by atoms with Crippen molar-refractivity contribution < 1.29 is 13.6 Å². The molecule has 2 aromatic heterocycles. The molecule has 1 aliphatic heterocycles. The maximum atomic E-state index is 14.0. The molecule has 1 fully saturated rings. The third-order valence-electron chi connectivity index (χ3n) is 7.27. The zero-order chi connectivity index (χ0) is 24.9. The van der Waals surface area contributed by atoms with E-state index in [1.54, 1.807) is 17.2 Å². The molecule has 0 unspecified atom stereocenters. The number of benzene rings is 1. The molecule has 1 saturated heterocycles. The summed E-state index contributed by atoms with van der Waals surface area (Å²) in [6, 6.07) is 2.05. The summed E-state index contributed by atoms with van der Waals surface area (Å²) >= 11 is 6.89. The van der Waals surface area contributed by atoms with Crippen LogP contribution in [0.1, 0.15) is 55.1 Å². The van der Waals surface area contributed by atoms with Crippen LogP contribution in [0.4, 0.5) is 8.78 Å². The van der Waals surface area contributed by atoms with Crippen LogP contribution in [-0.2, 0) is 4.79 Å². The van der Waals surface area contributed by atoms with E-state index in [2.05, 4.69) is 16.8 Å². The number of aromatic nitrogens is 4. The SMILES string of the molecule is C=CC(=O)N1CCC(n2nc(C3=CCC(F)(F)CC3)c(-c3c(Cl)c(C)cc4[nH]ncc34)c2C)CC1. The number of nitrogens with one attached hydrogen (secondary N) is 1. The van der Waals surface area contributed by atoms with Gasteiger partial charge in [-0.2, -0.15) is 10.2 Å². The lowest BCUT2D eigenvalue weighted by Gasteiger charge is -2.32. The first-order valence-electron chi connectivity index (χ1n) is 11.9. The number of carbonyl (C=O) groups excluding carboxylic acids is 1. The lowest BCUT2D eigenvalue weighted by molar-refractivity contribution is -0.127. The maximum Gasteiger partial charge on any atom is 0.251 e. The molecule has 2 aliphatic rings. The van der Waals surface area contributed by atoms with Crippen molar-refractivity contribution in [2.75, 3.05) is 13.1 Å². The summed E-state index contributed by atoms with van der Waals surface area (Å²) < 4.78 is 29.9. The second-order valence-corrected chi connectivity index (χ2v) is 9.90. The second-order valence-electron chi connectivity index (χ2n) is 9.52. The lowest BCUT2D eigenvalue weighted by Crippen LogP contribution is -2.38. The standard InChI is InChI=1S/C26H28ClF2N5O/c1-4-21(35)33-11-7-18(8-12-33)34-16(3)22(25(32-34)17-5-9-26(28,29)10-6-17)23-19-14-30-31-20(19)13-15(2)24(23)27/h4-5,13-14,18H,1,6-12H2,2-3H3,(H,30,31). The summed E-state index contributed by atoms with van der Waals surface area (Å²) in [5.41, 5.74) is 5.91. The summed E-state index contributed by atoms with van der Waals surface area (Å²) in [4.78, 5) is 13.8. The Bertz CT molecular complexity index is 1350. The van der Waals surface area contributed by atoms with E-state index < -0.39 is 5.92 Å². The Balaban J connectivity index is 1.65. The predicted octanol–water partition coefficient (Wildman–Crippen LogP) is 6.25. The van der Waals surface area contributed by atoms with Crippen molar-refractivity contribution in [1.29, 1.82) is 0 Å². The Morgan fingerprint density at radius 2 is 2.03 bits per heavy atom. The number of rotatable bonds is 4. The molecule has 0 radical (unpaired) electrons. The van der Waals surface area contributed by atoms with Gasteiger partial charge < -0.3 is 4.90 Å². The summed E-state index contributed by atoms with van der Waals surface area (Å²) in [6.45, 7) is 8.77. The number of aryl methyl sites for hydroxylation is 1. The highest BCUT2D eigenvalue weighted by Gasteiger charge is 2.35. The van der Waals surface area contributed by atoms with E-state index in [1.807, 2.05) is 24.6 Å². The van der Waals surface area contributed by atoms with Gasteiger partial charge >= 0.3 is 0 Å². The Morgan fingerprint density at radius 1 is 1.29 bits per heavy atom. The van der Waals surface area contributed by atoms with E-state index in [1.165, 1.54) is 6.08 Å². The van der Waals surface area contributed by atoms with Crippen molar-refractivity contribution in [3.8, 4) is 11.1 Å². The van der Waals surface area contributed by atoms with Gasteiger partial charge in [0.1, 0.15) is 0 Å². The first-order chi connectivity index (χ1) is 16.7. The number of allylic oxidation sites excluding steroid dienone is 2. The normalized spacial score (nSPS) is 18.7. The first-order valence-corrected chi connectivity index (χ1v) is 12.3. The zero-order valence-electron chi connectivity index (χ0n) is 19.9. The molecule has 5 rings (SSSR count). The first kappa shape index (κ1) is 23.7. The fourth-order valence-electron chi connectivity index (χ4n) is 5.31. The number of fused-ring (bicyclic) bond motifs is 1. The van der Waals surface area contributed by atoms with Crippen molar-refractivity contribution >= 4 is 34.0 Å². The lowest BCUT2D eigenvalue weighted by atomic mass is 9.89. The number of alkyl halides is 2. The fraction of sp³-hybridized carbons (Fsp3) is 0.423. The van der Waals surface area contributed by atoms with E-state index in [0.29, 0.717) is 23.8 Å². The van der Waals surface area contributed by atoms with E-state index in [9.17, 15) is 13.6 Å². The number of nitrogens with zero attached hydrogens (tertiary/aromatic N) is 4. The number of likely N-dealkylation sites (tertiary alicyclic amines) is 1. The van der Waals surface area contributed by atoms with Gasteiger partial charge in [0.15, 0.2) is 0 Å².